The molecule has 0 amide bonds. The zero-order chi connectivity index (χ0) is 17.8. The molecule has 0 N–H and O–H groups in total. The molecule has 24 heavy (non-hydrogen) atoms. The summed E-state index contributed by atoms with van der Waals surface area (Å²) in [7, 11) is 0. The Hall–Kier alpha value is -2.49. The molecule has 1 unspecified atom stereocenters. The lowest BCUT2D eigenvalue weighted by molar-refractivity contribution is -0.145. The molecule has 1 aromatic heterocycles. The first-order chi connectivity index (χ1) is 11.1. The number of halogens is 6. The van der Waals surface area contributed by atoms with Gasteiger partial charge in [0.05, 0.1) is 17.3 Å². The Labute approximate surface area is 131 Å². The van der Waals surface area contributed by atoms with Crippen molar-refractivity contribution < 1.29 is 31.1 Å². The zero-order valence-corrected chi connectivity index (χ0v) is 11.7. The number of carbonyl (C=O) groups is 1. The summed E-state index contributed by atoms with van der Waals surface area (Å²) in [6, 6.07) is -0.0253. The summed E-state index contributed by atoms with van der Waals surface area (Å²) in [6.07, 6.45) is -4.99. The van der Waals surface area contributed by atoms with E-state index in [0.717, 1.165) is 6.08 Å². The highest BCUT2D eigenvalue weighted by atomic mass is 19.4. The lowest BCUT2D eigenvalue weighted by atomic mass is 10.0. The number of pyridine rings is 1. The second-order valence-corrected chi connectivity index (χ2v) is 5.12. The second-order valence-electron chi connectivity index (χ2n) is 5.12. The fourth-order valence-corrected chi connectivity index (χ4v) is 2.66. The molecule has 2 aliphatic rings. The van der Waals surface area contributed by atoms with E-state index < -0.39 is 46.0 Å². The number of rotatable bonds is 2. The van der Waals surface area contributed by atoms with Crippen molar-refractivity contribution >= 4 is 24.0 Å². The third-order valence-corrected chi connectivity index (χ3v) is 3.71. The average molecular weight is 348 g/mol. The number of amidine groups is 1. The van der Waals surface area contributed by atoms with Gasteiger partial charge in [-0.3, -0.25) is 4.79 Å². The molecule has 0 fully saturated rings. The van der Waals surface area contributed by atoms with Crippen molar-refractivity contribution in [1.82, 2.24) is 9.47 Å². The summed E-state index contributed by atoms with van der Waals surface area (Å²) in [6.45, 7) is -0.418. The minimum atomic E-state index is -5.07. The number of fused-ring (bicyclic) bond motifs is 3. The van der Waals surface area contributed by atoms with Crippen LogP contribution in [-0.2, 0) is 17.1 Å². The van der Waals surface area contributed by atoms with E-state index in [2.05, 4.69) is 9.98 Å². The van der Waals surface area contributed by atoms with Gasteiger partial charge in [-0.25, -0.2) is 0 Å². The van der Waals surface area contributed by atoms with Crippen LogP contribution in [0.25, 0.3) is 6.08 Å². The van der Waals surface area contributed by atoms with E-state index in [1.807, 2.05) is 0 Å². The van der Waals surface area contributed by atoms with Crippen molar-refractivity contribution in [3.63, 3.8) is 0 Å². The van der Waals surface area contributed by atoms with Crippen molar-refractivity contribution in [2.45, 2.75) is 12.4 Å². The van der Waals surface area contributed by atoms with Gasteiger partial charge in [-0.05, 0) is 12.1 Å². The molecule has 126 valence electrons. The fourth-order valence-electron chi connectivity index (χ4n) is 2.66. The predicted octanol–water partition coefficient (Wildman–Crippen LogP) is 3.54. The molecule has 0 aromatic carbocycles. The van der Waals surface area contributed by atoms with E-state index >= 15 is 0 Å². The maximum atomic E-state index is 13.2. The first-order valence-electron chi connectivity index (χ1n) is 6.55. The smallest absolute Gasteiger partial charge is 0.297 e. The van der Waals surface area contributed by atoms with Gasteiger partial charge in [0.2, 0.25) is 11.7 Å². The Bertz CT molecular complexity index is 806. The van der Waals surface area contributed by atoms with E-state index in [-0.39, 0.29) is 11.9 Å². The number of hydrogen-bond donors (Lipinski definition) is 0. The van der Waals surface area contributed by atoms with Crippen molar-refractivity contribution in [1.29, 1.82) is 0 Å². The molecule has 0 saturated heterocycles. The largest absolute Gasteiger partial charge is 0.433 e. The molecule has 4 nitrogen and oxygen atoms in total. The van der Waals surface area contributed by atoms with Crippen LogP contribution in [0.4, 0.5) is 32.2 Å². The van der Waals surface area contributed by atoms with Crippen LogP contribution >= 0.6 is 0 Å². The average Bonchev–Trinajstić information content (AvgIpc) is 2.88. The van der Waals surface area contributed by atoms with Gasteiger partial charge in [0.15, 0.2) is 18.5 Å². The summed E-state index contributed by atoms with van der Waals surface area (Å²) in [5, 5.41) is 0. The molecule has 0 radical (unpaired) electrons. The Morgan fingerprint density at radius 2 is 1.79 bits per heavy atom. The van der Waals surface area contributed by atoms with Crippen molar-refractivity contribution in [3.05, 3.63) is 41.4 Å². The zero-order valence-electron chi connectivity index (χ0n) is 11.7. The van der Waals surface area contributed by atoms with Crippen LogP contribution in [0.15, 0.2) is 29.5 Å². The molecule has 0 saturated carbocycles. The van der Waals surface area contributed by atoms with E-state index in [4.69, 9.17) is 0 Å². The van der Waals surface area contributed by atoms with E-state index in [1.54, 1.807) is 0 Å². The quantitative estimate of drug-likeness (QED) is 0.466. The Morgan fingerprint density at radius 3 is 2.38 bits per heavy atom. The highest BCUT2D eigenvalue weighted by molar-refractivity contribution is 6.11. The summed E-state index contributed by atoms with van der Waals surface area (Å²) < 4.78 is 78.1. The van der Waals surface area contributed by atoms with Crippen LogP contribution in [0.1, 0.15) is 16.8 Å². The minimum absolute atomic E-state index is 0.0253. The monoisotopic (exact) mass is 348 g/mol. The standard InChI is InChI=1S/C14H8F6N3O/c15-13(16,17)9-7-10(14(18,19)20)22-12-8(9)1-2-11-21-3-4-23(11,12)5-6-24/h1-4,6-7H,5H2/q+1. The predicted molar refractivity (Wildman–Crippen MR) is 72.6 cm³/mol. The second kappa shape index (κ2) is 5.00. The van der Waals surface area contributed by atoms with Crippen molar-refractivity contribution in [2.24, 2.45) is 4.99 Å². The Morgan fingerprint density at radius 1 is 1.08 bits per heavy atom. The number of alkyl halides is 6. The number of carbonyl (C=O) groups excluding carboxylic acids is 1. The Balaban J connectivity index is 2.38. The van der Waals surface area contributed by atoms with E-state index in [1.165, 1.54) is 18.5 Å². The first-order valence-corrected chi connectivity index (χ1v) is 6.55. The lowest BCUT2D eigenvalue weighted by Gasteiger charge is -2.32. The first kappa shape index (κ1) is 16.4. The lowest BCUT2D eigenvalue weighted by Crippen LogP contribution is -2.51. The maximum absolute atomic E-state index is 13.2. The number of aliphatic imine (C=N–C) groups is 1. The summed E-state index contributed by atoms with van der Waals surface area (Å²) >= 11 is 0. The highest BCUT2D eigenvalue weighted by Crippen LogP contribution is 2.44. The van der Waals surface area contributed by atoms with Gasteiger partial charge in [0, 0.05) is 6.08 Å². The third-order valence-electron chi connectivity index (χ3n) is 3.71. The number of hydrogen-bond acceptors (Lipinski definition) is 3. The molecule has 0 spiro atoms. The number of nitrogens with zero attached hydrogens (tertiary/aromatic N) is 3. The minimum Gasteiger partial charge on any atom is -0.297 e. The van der Waals surface area contributed by atoms with E-state index in [0.29, 0.717) is 6.29 Å². The van der Waals surface area contributed by atoms with Gasteiger partial charge >= 0.3 is 12.4 Å². The molecule has 0 aliphatic carbocycles. The number of quaternary nitrogens is 1. The number of aldehydes is 1. The van der Waals surface area contributed by atoms with Gasteiger partial charge in [-0.15, -0.1) is 0 Å². The van der Waals surface area contributed by atoms with Gasteiger partial charge < -0.3 is 0 Å². The van der Waals surface area contributed by atoms with Gasteiger partial charge in [0.25, 0.3) is 0 Å². The van der Waals surface area contributed by atoms with Gasteiger partial charge in [-0.2, -0.15) is 40.8 Å². The third kappa shape index (κ3) is 2.33. The summed E-state index contributed by atoms with van der Waals surface area (Å²) in [5.74, 6) is -0.409. The van der Waals surface area contributed by atoms with Crippen LogP contribution in [0.5, 0.6) is 0 Å². The van der Waals surface area contributed by atoms with Crippen molar-refractivity contribution in [2.75, 3.05) is 6.54 Å². The molecule has 1 aromatic rings. The molecule has 0 bridgehead atoms. The van der Waals surface area contributed by atoms with Gasteiger partial charge in [-0.1, -0.05) is 0 Å². The Kier molecular flexibility index (Phi) is 3.41. The molecule has 10 heteroatoms. The number of aromatic nitrogens is 1. The van der Waals surface area contributed by atoms with Crippen LogP contribution in [0.2, 0.25) is 0 Å². The van der Waals surface area contributed by atoms with Crippen LogP contribution in [0, 0.1) is 0 Å². The molecule has 1 atom stereocenters. The van der Waals surface area contributed by atoms with Crippen LogP contribution in [-0.4, -0.2) is 23.7 Å². The molecule has 3 heterocycles. The summed E-state index contributed by atoms with van der Waals surface area (Å²) in [4.78, 5) is 18.3. The van der Waals surface area contributed by atoms with E-state index in [9.17, 15) is 31.1 Å². The normalized spacial score (nSPS) is 22.2. The van der Waals surface area contributed by atoms with Crippen LogP contribution in [0.3, 0.4) is 0 Å². The molecule has 2 aliphatic heterocycles. The van der Waals surface area contributed by atoms with Crippen LogP contribution < -0.4 is 4.48 Å². The maximum Gasteiger partial charge on any atom is 0.433 e. The molecule has 3 rings (SSSR count). The topological polar surface area (TPSA) is 42.3 Å². The SMILES string of the molecule is O=CC[N+]12C=CN=C1C=Cc1c(C(F)(F)F)cc(C(F)(F)F)nc12. The van der Waals surface area contributed by atoms with Gasteiger partial charge in [0.1, 0.15) is 6.20 Å². The summed E-state index contributed by atoms with van der Waals surface area (Å²) in [5.41, 5.74) is -3.64. The fraction of sp³-hybridized carbons (Fsp3) is 0.214. The highest BCUT2D eigenvalue weighted by Gasteiger charge is 2.48. The van der Waals surface area contributed by atoms with Crippen molar-refractivity contribution in [3.8, 4) is 0 Å². The molecular formula is C14H8F6N3O+. The molecular weight excluding hydrogens is 340 g/mol.